The molecule has 168 valence electrons. The third kappa shape index (κ3) is 5.10. The van der Waals surface area contributed by atoms with E-state index in [1.165, 1.54) is 18.9 Å². The summed E-state index contributed by atoms with van der Waals surface area (Å²) in [6.07, 6.45) is 6.04. The Balaban J connectivity index is 1.56. The van der Waals surface area contributed by atoms with Crippen LogP contribution in [-0.2, 0) is 13.6 Å². The summed E-state index contributed by atoms with van der Waals surface area (Å²) in [5.41, 5.74) is 3.16. The van der Waals surface area contributed by atoms with Gasteiger partial charge in [-0.25, -0.2) is 4.39 Å². The SMILES string of the molecule is Cc1cc(C(C)NC(=O)c2cc(Cn3ccn(C)c3=N)cc(OCC3CC3)c2)ccc1F. The Labute approximate surface area is 187 Å². The molecule has 1 aliphatic carbocycles. The Morgan fingerprint density at radius 1 is 1.25 bits per heavy atom. The summed E-state index contributed by atoms with van der Waals surface area (Å²) in [5, 5.41) is 11.2. The molecule has 1 heterocycles. The molecule has 0 aliphatic heterocycles. The molecule has 0 bridgehead atoms. The number of ether oxygens (including phenoxy) is 1. The number of carbonyl (C=O) groups is 1. The Hall–Kier alpha value is -3.35. The van der Waals surface area contributed by atoms with Gasteiger partial charge in [-0.3, -0.25) is 10.2 Å². The molecule has 6 nitrogen and oxygen atoms in total. The molecule has 4 rings (SSSR count). The Morgan fingerprint density at radius 3 is 2.69 bits per heavy atom. The first-order chi connectivity index (χ1) is 15.3. The first-order valence-electron chi connectivity index (χ1n) is 10.9. The number of halogens is 1. The highest BCUT2D eigenvalue weighted by Gasteiger charge is 2.22. The molecule has 1 fully saturated rings. The lowest BCUT2D eigenvalue weighted by atomic mass is 10.0. The summed E-state index contributed by atoms with van der Waals surface area (Å²) in [7, 11) is 1.82. The number of nitrogens with zero attached hydrogens (tertiary/aromatic N) is 2. The molecule has 3 aromatic rings. The predicted octanol–water partition coefficient (Wildman–Crippen LogP) is 4.08. The molecule has 1 atom stereocenters. The van der Waals surface area contributed by atoms with Crippen molar-refractivity contribution in [3.63, 3.8) is 0 Å². The molecule has 1 unspecified atom stereocenters. The lowest BCUT2D eigenvalue weighted by molar-refractivity contribution is 0.0939. The van der Waals surface area contributed by atoms with E-state index in [4.69, 9.17) is 10.1 Å². The molecule has 32 heavy (non-hydrogen) atoms. The molecule has 0 radical (unpaired) electrons. The van der Waals surface area contributed by atoms with Crippen LogP contribution in [0.4, 0.5) is 4.39 Å². The molecule has 0 spiro atoms. The van der Waals surface area contributed by atoms with E-state index in [0.29, 0.717) is 41.6 Å². The lowest BCUT2D eigenvalue weighted by Gasteiger charge is -2.17. The summed E-state index contributed by atoms with van der Waals surface area (Å²) >= 11 is 0. The van der Waals surface area contributed by atoms with E-state index < -0.39 is 0 Å². The fourth-order valence-electron chi connectivity index (χ4n) is 3.61. The average Bonchev–Trinajstić information content (AvgIpc) is 3.55. The first-order valence-corrected chi connectivity index (χ1v) is 10.9. The smallest absolute Gasteiger partial charge is 0.251 e. The van der Waals surface area contributed by atoms with E-state index in [-0.39, 0.29) is 17.8 Å². The number of carbonyl (C=O) groups excluding carboxylic acids is 1. The minimum absolute atomic E-state index is 0.221. The molecular weight excluding hydrogens is 407 g/mol. The second kappa shape index (κ2) is 9.02. The number of aromatic nitrogens is 2. The van der Waals surface area contributed by atoms with Crippen LogP contribution in [0.15, 0.2) is 48.8 Å². The topological polar surface area (TPSA) is 72.0 Å². The molecular formula is C25H29FN4O2. The maximum absolute atomic E-state index is 13.6. The van der Waals surface area contributed by atoms with Gasteiger partial charge in [0.05, 0.1) is 19.2 Å². The molecule has 2 N–H and O–H groups in total. The second-order valence-electron chi connectivity index (χ2n) is 8.68. The number of amides is 1. The van der Waals surface area contributed by atoms with Crippen molar-refractivity contribution in [3.8, 4) is 5.75 Å². The molecule has 7 heteroatoms. The highest BCUT2D eigenvalue weighted by molar-refractivity contribution is 5.95. The molecule has 1 amide bonds. The van der Waals surface area contributed by atoms with E-state index in [1.807, 2.05) is 43.1 Å². The first kappa shape index (κ1) is 21.9. The van der Waals surface area contributed by atoms with Crippen molar-refractivity contribution in [2.24, 2.45) is 13.0 Å². The molecule has 1 aliphatic rings. The zero-order valence-electron chi connectivity index (χ0n) is 18.7. The van der Waals surface area contributed by atoms with Crippen molar-refractivity contribution in [2.75, 3.05) is 6.61 Å². The third-order valence-electron chi connectivity index (χ3n) is 5.87. The Bertz CT molecular complexity index is 1190. The maximum Gasteiger partial charge on any atom is 0.251 e. The van der Waals surface area contributed by atoms with Crippen molar-refractivity contribution in [2.45, 2.75) is 39.3 Å². The number of nitrogens with one attached hydrogen (secondary N) is 2. The van der Waals surface area contributed by atoms with Gasteiger partial charge in [0, 0.05) is 25.0 Å². The normalized spacial score (nSPS) is 14.2. The zero-order chi connectivity index (χ0) is 22.8. The van der Waals surface area contributed by atoms with Crippen molar-refractivity contribution in [3.05, 3.63) is 82.5 Å². The predicted molar refractivity (Wildman–Crippen MR) is 120 cm³/mol. The van der Waals surface area contributed by atoms with E-state index in [9.17, 15) is 9.18 Å². The van der Waals surface area contributed by atoms with Crippen LogP contribution in [0.5, 0.6) is 5.75 Å². The van der Waals surface area contributed by atoms with Crippen LogP contribution in [0.2, 0.25) is 0 Å². The number of benzene rings is 2. The van der Waals surface area contributed by atoms with Gasteiger partial charge in [-0.1, -0.05) is 12.1 Å². The fraction of sp³-hybridized carbons (Fsp3) is 0.360. The van der Waals surface area contributed by atoms with E-state index in [2.05, 4.69) is 5.32 Å². The number of aryl methyl sites for hydroxylation is 2. The fourth-order valence-corrected chi connectivity index (χ4v) is 3.61. The van der Waals surface area contributed by atoms with Crippen molar-refractivity contribution in [1.82, 2.24) is 14.5 Å². The number of imidazole rings is 1. The Kier molecular flexibility index (Phi) is 6.17. The minimum Gasteiger partial charge on any atom is -0.493 e. The summed E-state index contributed by atoms with van der Waals surface area (Å²) in [6, 6.07) is 10.1. The number of hydrogen-bond donors (Lipinski definition) is 2. The van der Waals surface area contributed by atoms with Crippen LogP contribution in [-0.4, -0.2) is 21.6 Å². The molecule has 0 saturated heterocycles. The van der Waals surface area contributed by atoms with Gasteiger partial charge in [0.2, 0.25) is 5.62 Å². The minimum atomic E-state index is -0.273. The largest absolute Gasteiger partial charge is 0.493 e. The van der Waals surface area contributed by atoms with Crippen molar-refractivity contribution in [1.29, 1.82) is 5.41 Å². The third-order valence-corrected chi connectivity index (χ3v) is 5.87. The van der Waals surface area contributed by atoms with E-state index in [1.54, 1.807) is 29.7 Å². The molecule has 2 aromatic carbocycles. The van der Waals surface area contributed by atoms with Gasteiger partial charge in [0.25, 0.3) is 5.91 Å². The van der Waals surface area contributed by atoms with Gasteiger partial charge in [0.15, 0.2) is 0 Å². The van der Waals surface area contributed by atoms with Gasteiger partial charge in [0.1, 0.15) is 11.6 Å². The quantitative estimate of drug-likeness (QED) is 0.559. The van der Waals surface area contributed by atoms with E-state index in [0.717, 1.165) is 11.1 Å². The number of rotatable bonds is 8. The van der Waals surface area contributed by atoms with Crippen LogP contribution in [0, 0.1) is 24.1 Å². The van der Waals surface area contributed by atoms with Crippen LogP contribution in [0.1, 0.15) is 52.9 Å². The summed E-state index contributed by atoms with van der Waals surface area (Å²) in [4.78, 5) is 13.1. The summed E-state index contributed by atoms with van der Waals surface area (Å²) in [6.45, 7) is 4.71. The summed E-state index contributed by atoms with van der Waals surface area (Å²) in [5.74, 6) is 0.778. The Morgan fingerprint density at radius 2 is 2.03 bits per heavy atom. The summed E-state index contributed by atoms with van der Waals surface area (Å²) < 4.78 is 23.1. The highest BCUT2D eigenvalue weighted by atomic mass is 19.1. The van der Waals surface area contributed by atoms with Gasteiger partial charge in [-0.2, -0.15) is 0 Å². The monoisotopic (exact) mass is 436 g/mol. The van der Waals surface area contributed by atoms with Crippen LogP contribution < -0.4 is 15.7 Å². The van der Waals surface area contributed by atoms with Gasteiger partial charge in [-0.05, 0) is 73.6 Å². The molecule has 1 aromatic heterocycles. The highest BCUT2D eigenvalue weighted by Crippen LogP contribution is 2.30. The second-order valence-corrected chi connectivity index (χ2v) is 8.68. The zero-order valence-corrected chi connectivity index (χ0v) is 18.7. The van der Waals surface area contributed by atoms with Gasteiger partial charge >= 0.3 is 0 Å². The van der Waals surface area contributed by atoms with Gasteiger partial charge < -0.3 is 19.2 Å². The van der Waals surface area contributed by atoms with E-state index >= 15 is 0 Å². The van der Waals surface area contributed by atoms with Crippen LogP contribution in [0.3, 0.4) is 0 Å². The maximum atomic E-state index is 13.6. The van der Waals surface area contributed by atoms with Crippen molar-refractivity contribution >= 4 is 5.91 Å². The molecule has 1 saturated carbocycles. The van der Waals surface area contributed by atoms with Crippen LogP contribution in [0.25, 0.3) is 0 Å². The lowest BCUT2D eigenvalue weighted by Crippen LogP contribution is -2.27. The van der Waals surface area contributed by atoms with Gasteiger partial charge in [-0.15, -0.1) is 0 Å². The van der Waals surface area contributed by atoms with Crippen LogP contribution >= 0.6 is 0 Å². The average molecular weight is 437 g/mol. The standard InChI is InChI=1S/C25H29FN4O2/c1-16-10-20(6-7-23(16)26)17(2)28-24(31)21-11-19(14-30-9-8-29(3)25(30)27)12-22(13-21)32-15-18-4-5-18/h6-13,17-18,27H,4-5,14-15H2,1-3H3,(H,28,31). The van der Waals surface area contributed by atoms with Crippen molar-refractivity contribution < 1.29 is 13.9 Å². The number of hydrogen-bond acceptors (Lipinski definition) is 3.